The van der Waals surface area contributed by atoms with E-state index in [1.54, 1.807) is 0 Å². The minimum atomic E-state index is 0. The first-order valence-electron chi connectivity index (χ1n) is 19.8. The highest BCUT2D eigenvalue weighted by molar-refractivity contribution is 7.59. The van der Waals surface area contributed by atoms with Gasteiger partial charge in [-0.3, -0.25) is 0 Å². The highest BCUT2D eigenvalue weighted by Gasteiger charge is 2.17. The lowest BCUT2D eigenvalue weighted by Crippen LogP contribution is -1.93. The van der Waals surface area contributed by atoms with Crippen molar-refractivity contribution < 1.29 is 8.83 Å². The van der Waals surface area contributed by atoms with Crippen LogP contribution in [0.25, 0.3) is 112 Å². The lowest BCUT2D eigenvalue weighted by atomic mass is 9.94. The topological polar surface area (TPSA) is 31.2 Å². The lowest BCUT2D eigenvalue weighted by Gasteiger charge is -2.10. The number of para-hydroxylation sites is 3. The molecule has 11 aromatic rings. The Morgan fingerprint density at radius 2 is 1.03 bits per heavy atom. The van der Waals surface area contributed by atoms with Gasteiger partial charge in [0.15, 0.2) is 0 Å². The molecule has 3 heterocycles. The highest BCUT2D eigenvalue weighted by atomic mass is 32.1. The molecule has 0 saturated heterocycles. The van der Waals surface area contributed by atoms with E-state index in [1.807, 2.05) is 19.1 Å². The van der Waals surface area contributed by atoms with Gasteiger partial charge in [0.1, 0.15) is 22.5 Å². The van der Waals surface area contributed by atoms with Crippen molar-refractivity contribution in [2.75, 3.05) is 0 Å². The maximum absolute atomic E-state index is 6.59. The minimum absolute atomic E-state index is 0. The number of fused-ring (bicyclic) bond motifs is 7. The van der Waals surface area contributed by atoms with Crippen LogP contribution in [0.3, 0.4) is 0 Å². The number of rotatable bonds is 7. The minimum Gasteiger partial charge on any atom is -0.456 e. The fourth-order valence-electron chi connectivity index (χ4n) is 8.62. The van der Waals surface area contributed by atoms with Crippen LogP contribution in [0, 0.1) is 0 Å². The Kier molecular flexibility index (Phi) is 9.12. The average molecular weight is 778 g/mol. The molecule has 11 rings (SSSR count). The molecule has 3 aromatic heterocycles. The summed E-state index contributed by atoms with van der Waals surface area (Å²) >= 11 is 0. The molecule has 0 atom stereocenters. The van der Waals surface area contributed by atoms with E-state index in [-0.39, 0.29) is 13.5 Å². The van der Waals surface area contributed by atoms with Crippen molar-refractivity contribution in [3.63, 3.8) is 0 Å². The number of aromatic nitrogens is 1. The second kappa shape index (κ2) is 14.9. The van der Waals surface area contributed by atoms with Gasteiger partial charge in [-0.25, -0.2) is 0 Å². The van der Waals surface area contributed by atoms with Gasteiger partial charge in [0.2, 0.25) is 0 Å². The average Bonchev–Trinajstić information content (AvgIpc) is 3.95. The molecule has 282 valence electrons. The third kappa shape index (κ3) is 6.26. The third-order valence-corrected chi connectivity index (χ3v) is 11.3. The molecule has 0 unspecified atom stereocenters. The number of nitrogens with zero attached hydrogens (tertiary/aromatic N) is 1. The number of hydrogen-bond acceptors (Lipinski definition) is 2. The monoisotopic (exact) mass is 777 g/mol. The van der Waals surface area contributed by atoms with E-state index < -0.39 is 0 Å². The molecular weight excluding hydrogens is 739 g/mol. The normalized spacial score (nSPS) is 11.9. The molecule has 3 nitrogen and oxygen atoms in total. The number of hydrogen-bond donors (Lipinski definition) is 0. The van der Waals surface area contributed by atoms with E-state index in [0.29, 0.717) is 0 Å². The van der Waals surface area contributed by atoms with Crippen molar-refractivity contribution in [2.24, 2.45) is 0 Å². The van der Waals surface area contributed by atoms with Crippen molar-refractivity contribution in [2.45, 2.75) is 6.92 Å². The summed E-state index contributed by atoms with van der Waals surface area (Å²) in [5.74, 6) is 0.842. The Bertz CT molecular complexity index is 3350. The van der Waals surface area contributed by atoms with Gasteiger partial charge in [0, 0.05) is 43.7 Å². The van der Waals surface area contributed by atoms with Gasteiger partial charge in [-0.15, -0.1) is 0 Å². The molecule has 0 saturated carbocycles. The molecule has 4 heteroatoms. The standard InChI is InChI=1S/C55H37NO2.H2S/c1-2-14-52-46(47-22-13-21-43(55(47)58-52)38-17-7-4-8-18-38)28-25-36-31-40(37-15-5-3-6-16-37)33-41(32-36)39-26-29-53-48(34-39)49-35-42(27-30-54(49)57-53)56-50-23-11-9-19-44(50)45-20-10-12-24-51(45)56;/h2-35H,1H3;1H2/b14-2-,28-25+;. The van der Waals surface area contributed by atoms with Crippen molar-refractivity contribution in [1.82, 2.24) is 4.57 Å². The van der Waals surface area contributed by atoms with Gasteiger partial charge in [-0.05, 0) is 113 Å². The maximum atomic E-state index is 6.59. The number of allylic oxidation sites excluding steroid dienone is 1. The van der Waals surface area contributed by atoms with E-state index in [0.717, 1.165) is 83.3 Å². The van der Waals surface area contributed by atoms with Gasteiger partial charge >= 0.3 is 0 Å². The summed E-state index contributed by atoms with van der Waals surface area (Å²) in [6, 6.07) is 64.7. The van der Waals surface area contributed by atoms with Gasteiger partial charge in [0.25, 0.3) is 0 Å². The molecule has 0 N–H and O–H groups in total. The molecule has 0 fully saturated rings. The van der Waals surface area contributed by atoms with Crippen LogP contribution in [0.1, 0.15) is 23.8 Å². The molecule has 8 aromatic carbocycles. The first-order valence-corrected chi connectivity index (χ1v) is 19.8. The van der Waals surface area contributed by atoms with E-state index in [1.165, 1.54) is 27.4 Å². The van der Waals surface area contributed by atoms with Crippen LogP contribution in [-0.2, 0) is 0 Å². The predicted octanol–water partition coefficient (Wildman–Crippen LogP) is 15.7. The second-order valence-electron chi connectivity index (χ2n) is 14.8. The van der Waals surface area contributed by atoms with E-state index in [4.69, 9.17) is 8.83 Å². The number of furan rings is 2. The van der Waals surface area contributed by atoms with Gasteiger partial charge < -0.3 is 13.4 Å². The van der Waals surface area contributed by atoms with Crippen LogP contribution in [0.5, 0.6) is 0 Å². The van der Waals surface area contributed by atoms with Crippen molar-refractivity contribution >= 4 is 86.4 Å². The molecule has 0 aliphatic carbocycles. The molecule has 0 spiro atoms. The first kappa shape index (κ1) is 36.1. The molecule has 0 radical (unpaired) electrons. The van der Waals surface area contributed by atoms with Crippen LogP contribution in [-0.4, -0.2) is 4.57 Å². The molecular formula is C55H39NO2S. The van der Waals surface area contributed by atoms with E-state index in [2.05, 4.69) is 199 Å². The summed E-state index contributed by atoms with van der Waals surface area (Å²) in [7, 11) is 0. The summed E-state index contributed by atoms with van der Waals surface area (Å²) in [4.78, 5) is 0. The fourth-order valence-corrected chi connectivity index (χ4v) is 8.62. The van der Waals surface area contributed by atoms with Crippen molar-refractivity contribution in [3.8, 4) is 39.1 Å². The van der Waals surface area contributed by atoms with E-state index in [9.17, 15) is 0 Å². The van der Waals surface area contributed by atoms with Gasteiger partial charge in [0.05, 0.1) is 11.0 Å². The van der Waals surface area contributed by atoms with Crippen LogP contribution >= 0.6 is 13.5 Å². The van der Waals surface area contributed by atoms with Crippen LogP contribution in [0.4, 0.5) is 0 Å². The Balaban J connectivity index is 0.00000420. The lowest BCUT2D eigenvalue weighted by molar-refractivity contribution is 0.604. The van der Waals surface area contributed by atoms with Crippen LogP contribution < -0.4 is 0 Å². The SMILES string of the molecule is C/C=C\c1oc2c(-c3ccccc3)cccc2c1/C=C/c1cc(-c2ccccc2)cc(-c2ccc3oc4ccc(-n5c6ccccc6c6ccccc65)cc4c3c2)c1.S. The number of benzene rings is 8. The predicted molar refractivity (Wildman–Crippen MR) is 255 cm³/mol. The highest BCUT2D eigenvalue weighted by Crippen LogP contribution is 2.39. The van der Waals surface area contributed by atoms with Crippen LogP contribution in [0.15, 0.2) is 197 Å². The first-order chi connectivity index (χ1) is 28.7. The molecule has 0 bridgehead atoms. The van der Waals surface area contributed by atoms with Crippen molar-refractivity contribution in [3.05, 3.63) is 205 Å². The summed E-state index contributed by atoms with van der Waals surface area (Å²) < 4.78 is 15.4. The zero-order valence-electron chi connectivity index (χ0n) is 32.4. The zero-order valence-corrected chi connectivity index (χ0v) is 33.4. The zero-order chi connectivity index (χ0) is 38.6. The van der Waals surface area contributed by atoms with E-state index >= 15 is 0 Å². The van der Waals surface area contributed by atoms with Gasteiger partial charge in [-0.1, -0.05) is 133 Å². The van der Waals surface area contributed by atoms with Crippen molar-refractivity contribution in [1.29, 1.82) is 0 Å². The Morgan fingerprint density at radius 1 is 0.424 bits per heavy atom. The fraction of sp³-hybridized carbons (Fsp3) is 0.0182. The quantitative estimate of drug-likeness (QED) is 0.161. The molecule has 0 aliphatic heterocycles. The summed E-state index contributed by atoms with van der Waals surface area (Å²) in [5.41, 5.74) is 15.1. The third-order valence-electron chi connectivity index (χ3n) is 11.3. The maximum Gasteiger partial charge on any atom is 0.143 e. The van der Waals surface area contributed by atoms with Gasteiger partial charge in [-0.2, -0.15) is 13.5 Å². The largest absolute Gasteiger partial charge is 0.456 e. The van der Waals surface area contributed by atoms with Crippen LogP contribution in [0.2, 0.25) is 0 Å². The molecule has 59 heavy (non-hydrogen) atoms. The molecule has 0 amide bonds. The smallest absolute Gasteiger partial charge is 0.143 e. The summed E-state index contributed by atoms with van der Waals surface area (Å²) in [6.45, 7) is 2.03. The Hall–Kier alpha value is -7.27. The summed E-state index contributed by atoms with van der Waals surface area (Å²) in [6.07, 6.45) is 8.50. The molecule has 0 aliphatic rings. The Morgan fingerprint density at radius 3 is 1.75 bits per heavy atom. The Labute approximate surface area is 349 Å². The summed E-state index contributed by atoms with van der Waals surface area (Å²) in [5, 5.41) is 5.76. The second-order valence-corrected chi connectivity index (χ2v) is 14.8.